The fourth-order valence-electron chi connectivity index (χ4n) is 3.52. The Balaban J connectivity index is 0.00000225. The molecule has 28 heavy (non-hydrogen) atoms. The number of nitrogens with one attached hydrogen (secondary N) is 2. The molecule has 2 N–H and O–H groups in total. The van der Waals surface area contributed by atoms with E-state index in [1.54, 1.807) is 35.2 Å². The minimum Gasteiger partial charge on any atom is -0.478 e. The topological polar surface area (TPSA) is 70.7 Å². The number of para-hydroxylation sites is 2. The first kappa shape index (κ1) is 20.1. The number of amides is 2. The fraction of sp³-hybridized carbons (Fsp3) is 0.300. The molecule has 148 valence electrons. The van der Waals surface area contributed by atoms with Crippen LogP contribution >= 0.6 is 12.4 Å². The van der Waals surface area contributed by atoms with E-state index < -0.39 is 6.10 Å². The van der Waals surface area contributed by atoms with Crippen molar-refractivity contribution in [1.82, 2.24) is 10.2 Å². The third-order valence-electron chi connectivity index (χ3n) is 4.86. The number of carbonyl (C=O) groups excluding carboxylic acids is 2. The molecule has 2 unspecified atom stereocenters. The van der Waals surface area contributed by atoms with Crippen molar-refractivity contribution < 1.29 is 18.7 Å². The highest BCUT2D eigenvalue weighted by molar-refractivity contribution is 6.00. The summed E-state index contributed by atoms with van der Waals surface area (Å²) in [5.74, 6) is -0.307. The quantitative estimate of drug-likeness (QED) is 0.823. The van der Waals surface area contributed by atoms with Gasteiger partial charge in [0.2, 0.25) is 5.91 Å². The van der Waals surface area contributed by atoms with Crippen LogP contribution in [0.2, 0.25) is 0 Å². The summed E-state index contributed by atoms with van der Waals surface area (Å²) in [6, 6.07) is 13.1. The lowest BCUT2D eigenvalue weighted by Gasteiger charge is -2.37. The molecule has 1 saturated heterocycles. The van der Waals surface area contributed by atoms with Gasteiger partial charge < -0.3 is 20.3 Å². The molecule has 2 aliphatic heterocycles. The highest BCUT2D eigenvalue weighted by Crippen LogP contribution is 2.30. The first-order chi connectivity index (χ1) is 13.1. The van der Waals surface area contributed by atoms with E-state index in [9.17, 15) is 14.0 Å². The van der Waals surface area contributed by atoms with E-state index in [-0.39, 0.29) is 42.5 Å². The van der Waals surface area contributed by atoms with Gasteiger partial charge >= 0.3 is 0 Å². The molecule has 6 nitrogen and oxygen atoms in total. The highest BCUT2D eigenvalue weighted by Gasteiger charge is 2.34. The van der Waals surface area contributed by atoms with E-state index in [2.05, 4.69) is 10.6 Å². The zero-order valence-electron chi connectivity index (χ0n) is 15.1. The lowest BCUT2D eigenvalue weighted by Crippen LogP contribution is -2.50. The van der Waals surface area contributed by atoms with Gasteiger partial charge in [-0.3, -0.25) is 9.59 Å². The summed E-state index contributed by atoms with van der Waals surface area (Å²) in [7, 11) is 0. The minimum absolute atomic E-state index is 0. The smallest absolute Gasteiger partial charge is 0.266 e. The third-order valence-corrected chi connectivity index (χ3v) is 4.86. The fourth-order valence-corrected chi connectivity index (χ4v) is 3.52. The van der Waals surface area contributed by atoms with Gasteiger partial charge in [0.1, 0.15) is 11.6 Å². The van der Waals surface area contributed by atoms with Crippen molar-refractivity contribution in [3.63, 3.8) is 0 Å². The number of hydrogen-bond acceptors (Lipinski definition) is 4. The summed E-state index contributed by atoms with van der Waals surface area (Å²) in [6.45, 7) is 1.68. The number of piperazine rings is 1. The van der Waals surface area contributed by atoms with Gasteiger partial charge in [-0.05, 0) is 29.8 Å². The Bertz CT molecular complexity index is 879. The maximum absolute atomic E-state index is 13.6. The van der Waals surface area contributed by atoms with Gasteiger partial charge in [-0.2, -0.15) is 0 Å². The Morgan fingerprint density at radius 3 is 2.86 bits per heavy atom. The second-order valence-electron chi connectivity index (χ2n) is 6.66. The molecule has 0 aromatic heterocycles. The van der Waals surface area contributed by atoms with Gasteiger partial charge in [0.25, 0.3) is 5.91 Å². The van der Waals surface area contributed by atoms with E-state index >= 15 is 0 Å². The average molecular weight is 406 g/mol. The van der Waals surface area contributed by atoms with Crippen molar-refractivity contribution in [3.8, 4) is 5.75 Å². The standard InChI is InChI=1S/C20H20FN3O3.ClH/c21-14-5-3-4-13(10-14)16-12-22-8-9-24(16)19(25)11-18-20(26)23-15-6-1-2-7-17(15)27-18;/h1-7,10,16,18,22H,8-9,11-12H2,(H,23,26);1H. The molecule has 0 spiro atoms. The summed E-state index contributed by atoms with van der Waals surface area (Å²) in [6.07, 6.45) is -0.943. The van der Waals surface area contributed by atoms with Gasteiger partial charge in [-0.1, -0.05) is 24.3 Å². The van der Waals surface area contributed by atoms with Gasteiger partial charge in [0.15, 0.2) is 6.10 Å². The number of benzene rings is 2. The molecule has 1 fully saturated rings. The second kappa shape index (κ2) is 8.58. The van der Waals surface area contributed by atoms with Crippen LogP contribution in [0.25, 0.3) is 0 Å². The Morgan fingerprint density at radius 1 is 1.21 bits per heavy atom. The second-order valence-corrected chi connectivity index (χ2v) is 6.66. The van der Waals surface area contributed by atoms with Crippen molar-refractivity contribution in [1.29, 1.82) is 0 Å². The molecule has 2 heterocycles. The molecule has 0 aliphatic carbocycles. The van der Waals surface area contributed by atoms with Crippen LogP contribution in [-0.4, -0.2) is 42.5 Å². The van der Waals surface area contributed by atoms with Crippen molar-refractivity contribution in [3.05, 3.63) is 59.9 Å². The van der Waals surface area contributed by atoms with Crippen LogP contribution in [0.15, 0.2) is 48.5 Å². The molecule has 2 aliphatic rings. The summed E-state index contributed by atoms with van der Waals surface area (Å²) >= 11 is 0. The number of fused-ring (bicyclic) bond motifs is 1. The average Bonchev–Trinajstić information content (AvgIpc) is 2.68. The van der Waals surface area contributed by atoms with E-state index in [0.29, 0.717) is 31.1 Å². The van der Waals surface area contributed by atoms with Gasteiger partial charge in [-0.25, -0.2) is 4.39 Å². The van der Waals surface area contributed by atoms with Crippen molar-refractivity contribution >= 4 is 29.9 Å². The van der Waals surface area contributed by atoms with Gasteiger partial charge in [-0.15, -0.1) is 12.4 Å². The summed E-state index contributed by atoms with van der Waals surface area (Å²) in [5.41, 5.74) is 1.33. The number of ether oxygens (including phenoxy) is 1. The van der Waals surface area contributed by atoms with Crippen LogP contribution in [0.4, 0.5) is 10.1 Å². The first-order valence-corrected chi connectivity index (χ1v) is 8.94. The minimum atomic E-state index is -0.879. The van der Waals surface area contributed by atoms with E-state index in [4.69, 9.17) is 4.74 Å². The number of anilines is 1. The van der Waals surface area contributed by atoms with Crippen molar-refractivity contribution in [2.45, 2.75) is 18.6 Å². The molecule has 2 amide bonds. The predicted octanol–water partition coefficient (Wildman–Crippen LogP) is 2.51. The predicted molar refractivity (Wildman–Crippen MR) is 105 cm³/mol. The number of carbonyl (C=O) groups is 2. The van der Waals surface area contributed by atoms with Gasteiger partial charge in [0.05, 0.1) is 18.2 Å². The normalized spacial score (nSPS) is 21.0. The number of rotatable bonds is 3. The third kappa shape index (κ3) is 4.10. The Morgan fingerprint density at radius 2 is 2.04 bits per heavy atom. The lowest BCUT2D eigenvalue weighted by atomic mass is 10.0. The number of halogens is 2. The van der Waals surface area contributed by atoms with Crippen molar-refractivity contribution in [2.75, 3.05) is 25.0 Å². The number of nitrogens with zero attached hydrogens (tertiary/aromatic N) is 1. The van der Waals surface area contributed by atoms with E-state index in [1.165, 1.54) is 12.1 Å². The van der Waals surface area contributed by atoms with Gasteiger partial charge in [0, 0.05) is 19.6 Å². The maximum Gasteiger partial charge on any atom is 0.266 e. The molecular weight excluding hydrogens is 385 g/mol. The maximum atomic E-state index is 13.6. The molecule has 0 radical (unpaired) electrons. The van der Waals surface area contributed by atoms with Crippen LogP contribution in [0.5, 0.6) is 5.75 Å². The van der Waals surface area contributed by atoms with E-state index in [0.717, 1.165) is 5.56 Å². The lowest BCUT2D eigenvalue weighted by molar-refractivity contribution is -0.139. The Hall–Kier alpha value is -2.64. The highest BCUT2D eigenvalue weighted by atomic mass is 35.5. The molecule has 0 bridgehead atoms. The first-order valence-electron chi connectivity index (χ1n) is 8.94. The number of hydrogen-bond donors (Lipinski definition) is 2. The van der Waals surface area contributed by atoms with Crippen LogP contribution < -0.4 is 15.4 Å². The molecule has 4 rings (SSSR count). The molecule has 2 atom stereocenters. The monoisotopic (exact) mass is 405 g/mol. The van der Waals surface area contributed by atoms with Crippen LogP contribution in [0, 0.1) is 5.82 Å². The zero-order valence-corrected chi connectivity index (χ0v) is 15.9. The largest absolute Gasteiger partial charge is 0.478 e. The Labute approximate surface area is 168 Å². The van der Waals surface area contributed by atoms with Crippen molar-refractivity contribution in [2.24, 2.45) is 0 Å². The molecular formula is C20H21ClFN3O3. The summed E-state index contributed by atoms with van der Waals surface area (Å²) in [4.78, 5) is 26.9. The van der Waals surface area contributed by atoms with Crippen LogP contribution in [-0.2, 0) is 9.59 Å². The SMILES string of the molecule is Cl.O=C1Nc2ccccc2OC1CC(=O)N1CCNCC1c1cccc(F)c1. The summed E-state index contributed by atoms with van der Waals surface area (Å²) < 4.78 is 19.3. The molecule has 8 heteroatoms. The van der Waals surface area contributed by atoms with E-state index in [1.807, 2.05) is 6.07 Å². The molecule has 2 aromatic rings. The summed E-state index contributed by atoms with van der Waals surface area (Å²) in [5, 5.41) is 6.01. The Kier molecular flexibility index (Phi) is 6.16. The van der Waals surface area contributed by atoms with Crippen LogP contribution in [0.1, 0.15) is 18.0 Å². The molecule has 2 aromatic carbocycles. The molecule has 0 saturated carbocycles. The zero-order chi connectivity index (χ0) is 18.8. The van der Waals surface area contributed by atoms with Crippen LogP contribution in [0.3, 0.4) is 0 Å².